The third-order valence-corrected chi connectivity index (χ3v) is 4.73. The summed E-state index contributed by atoms with van der Waals surface area (Å²) < 4.78 is 12.9. The molecule has 2 nitrogen and oxygen atoms in total. The van der Waals surface area contributed by atoms with E-state index >= 15 is 0 Å². The van der Waals surface area contributed by atoms with Gasteiger partial charge in [-0.25, -0.2) is 0 Å². The second-order valence-corrected chi connectivity index (χ2v) is 6.51. The molecule has 0 saturated carbocycles. The summed E-state index contributed by atoms with van der Waals surface area (Å²) in [5.41, 5.74) is 1.68. The maximum absolute atomic E-state index is 12.1. The molecule has 4 heteroatoms. The molecule has 1 atom stereocenters. The third-order valence-electron chi connectivity index (χ3n) is 2.72. The topological polar surface area (TPSA) is 34.1 Å². The number of ketones is 1. The van der Waals surface area contributed by atoms with Crippen LogP contribution < -0.4 is 0 Å². The minimum atomic E-state index is -1.30. The van der Waals surface area contributed by atoms with E-state index in [9.17, 15) is 9.00 Å². The summed E-state index contributed by atoms with van der Waals surface area (Å²) in [4.78, 5) is 12.8. The Balaban J connectivity index is 2.13. The molecule has 0 aliphatic carbocycles. The van der Waals surface area contributed by atoms with Gasteiger partial charge in [-0.1, -0.05) is 51.8 Å². The summed E-state index contributed by atoms with van der Waals surface area (Å²) in [6, 6.07) is 14.6. The molecule has 0 saturated heterocycles. The molecule has 0 bridgehead atoms. The molecule has 2 aromatic carbocycles. The minimum Gasteiger partial charge on any atom is -0.293 e. The van der Waals surface area contributed by atoms with Crippen LogP contribution >= 0.6 is 15.9 Å². The molecule has 0 heterocycles. The lowest BCUT2D eigenvalue weighted by Gasteiger charge is -2.04. The fraction of sp³-hybridized carbons (Fsp3) is 0.133. The quantitative estimate of drug-likeness (QED) is 0.797. The minimum absolute atomic E-state index is 0.00563. The standard InChI is InChI=1S/C15H13BrO2S/c1-11-6-8-12(9-7-11)19(18)10-15(17)13-4-2-3-5-14(13)16/h2-9H,10H2,1H3. The lowest BCUT2D eigenvalue weighted by atomic mass is 10.1. The molecule has 2 rings (SSSR count). The summed E-state index contributed by atoms with van der Waals surface area (Å²) in [6.07, 6.45) is 0. The maximum Gasteiger partial charge on any atom is 0.176 e. The maximum atomic E-state index is 12.1. The molecule has 0 aliphatic heterocycles. The van der Waals surface area contributed by atoms with Crippen LogP contribution in [0.25, 0.3) is 0 Å². The molecule has 0 amide bonds. The zero-order chi connectivity index (χ0) is 13.8. The summed E-state index contributed by atoms with van der Waals surface area (Å²) in [6.45, 7) is 1.97. The van der Waals surface area contributed by atoms with Crippen LogP contribution in [-0.2, 0) is 10.8 Å². The average Bonchev–Trinajstić information content (AvgIpc) is 2.39. The van der Waals surface area contributed by atoms with Gasteiger partial charge in [0.05, 0.1) is 16.6 Å². The lowest BCUT2D eigenvalue weighted by molar-refractivity contribution is 0.102. The van der Waals surface area contributed by atoms with Gasteiger partial charge in [-0.2, -0.15) is 0 Å². The highest BCUT2D eigenvalue weighted by Gasteiger charge is 2.14. The van der Waals surface area contributed by atoms with Crippen molar-refractivity contribution in [3.8, 4) is 0 Å². The van der Waals surface area contributed by atoms with Crippen LogP contribution in [0.3, 0.4) is 0 Å². The molecule has 0 aromatic heterocycles. The first-order valence-corrected chi connectivity index (χ1v) is 7.92. The Morgan fingerprint density at radius 2 is 1.74 bits per heavy atom. The van der Waals surface area contributed by atoms with Crippen molar-refractivity contribution < 1.29 is 9.00 Å². The van der Waals surface area contributed by atoms with Gasteiger partial charge in [0.25, 0.3) is 0 Å². The van der Waals surface area contributed by atoms with Gasteiger partial charge in [0, 0.05) is 14.9 Å². The van der Waals surface area contributed by atoms with Crippen molar-refractivity contribution >= 4 is 32.5 Å². The van der Waals surface area contributed by atoms with Crippen molar-refractivity contribution in [2.45, 2.75) is 11.8 Å². The smallest absolute Gasteiger partial charge is 0.176 e. The molecule has 0 spiro atoms. The number of aryl methyl sites for hydroxylation is 1. The van der Waals surface area contributed by atoms with E-state index in [0.29, 0.717) is 10.5 Å². The van der Waals surface area contributed by atoms with Crippen molar-refractivity contribution in [1.29, 1.82) is 0 Å². The van der Waals surface area contributed by atoms with Crippen LogP contribution in [0, 0.1) is 6.92 Å². The number of hydrogen-bond acceptors (Lipinski definition) is 2. The Hall–Kier alpha value is -1.26. The number of carbonyl (C=O) groups excluding carboxylic acids is 1. The Bertz CT molecular complexity index is 620. The van der Waals surface area contributed by atoms with Gasteiger partial charge in [-0.15, -0.1) is 0 Å². The van der Waals surface area contributed by atoms with Gasteiger partial charge < -0.3 is 0 Å². The molecule has 0 fully saturated rings. The highest BCUT2D eigenvalue weighted by Crippen LogP contribution is 2.18. The van der Waals surface area contributed by atoms with Crippen LogP contribution in [0.4, 0.5) is 0 Å². The van der Waals surface area contributed by atoms with Gasteiger partial charge in [0.1, 0.15) is 0 Å². The number of benzene rings is 2. The third kappa shape index (κ3) is 3.61. The Morgan fingerprint density at radius 3 is 2.37 bits per heavy atom. The van der Waals surface area contributed by atoms with Crippen LogP contribution in [0.15, 0.2) is 57.9 Å². The highest BCUT2D eigenvalue weighted by atomic mass is 79.9. The fourth-order valence-corrected chi connectivity index (χ4v) is 3.16. The summed E-state index contributed by atoms with van der Waals surface area (Å²) in [7, 11) is -1.30. The van der Waals surface area contributed by atoms with E-state index in [2.05, 4.69) is 15.9 Å². The molecular weight excluding hydrogens is 324 g/mol. The Kier molecular flexibility index (Phi) is 4.66. The summed E-state index contributed by atoms with van der Waals surface area (Å²) in [5.74, 6) is -0.113. The molecule has 0 N–H and O–H groups in total. The van der Waals surface area contributed by atoms with Gasteiger partial charge in [0.15, 0.2) is 5.78 Å². The molecule has 98 valence electrons. The summed E-state index contributed by atoms with van der Waals surface area (Å²) in [5, 5.41) is 0. The number of halogens is 1. The SMILES string of the molecule is Cc1ccc(S(=O)CC(=O)c2ccccc2Br)cc1. The number of carbonyl (C=O) groups is 1. The van der Waals surface area contributed by atoms with Crippen LogP contribution in [0.5, 0.6) is 0 Å². The van der Waals surface area contributed by atoms with Crippen LogP contribution in [-0.4, -0.2) is 15.7 Å². The molecule has 0 radical (unpaired) electrons. The highest BCUT2D eigenvalue weighted by molar-refractivity contribution is 9.10. The first-order valence-electron chi connectivity index (χ1n) is 5.80. The second-order valence-electron chi connectivity index (χ2n) is 4.21. The van der Waals surface area contributed by atoms with E-state index in [1.807, 2.05) is 31.2 Å². The summed E-state index contributed by atoms with van der Waals surface area (Å²) >= 11 is 3.33. The van der Waals surface area contributed by atoms with Crippen LogP contribution in [0.1, 0.15) is 15.9 Å². The molecule has 0 aliphatic rings. The zero-order valence-electron chi connectivity index (χ0n) is 10.4. The van der Waals surface area contributed by atoms with E-state index in [1.165, 1.54) is 0 Å². The van der Waals surface area contributed by atoms with Gasteiger partial charge >= 0.3 is 0 Å². The zero-order valence-corrected chi connectivity index (χ0v) is 12.8. The first-order chi connectivity index (χ1) is 9.08. The predicted molar refractivity (Wildman–Crippen MR) is 80.9 cm³/mol. The molecule has 19 heavy (non-hydrogen) atoms. The van der Waals surface area contributed by atoms with E-state index in [4.69, 9.17) is 0 Å². The van der Waals surface area contributed by atoms with Gasteiger partial charge in [0.2, 0.25) is 0 Å². The fourth-order valence-electron chi connectivity index (χ4n) is 1.66. The van der Waals surface area contributed by atoms with Crippen molar-refractivity contribution in [1.82, 2.24) is 0 Å². The second kappa shape index (κ2) is 6.26. The van der Waals surface area contributed by atoms with E-state index < -0.39 is 10.8 Å². The Labute approximate surface area is 123 Å². The lowest BCUT2D eigenvalue weighted by Crippen LogP contribution is -2.11. The molecular formula is C15H13BrO2S. The average molecular weight is 337 g/mol. The van der Waals surface area contributed by atoms with E-state index in [0.717, 1.165) is 10.0 Å². The van der Waals surface area contributed by atoms with E-state index in [1.54, 1.807) is 24.3 Å². The number of hydrogen-bond donors (Lipinski definition) is 0. The van der Waals surface area contributed by atoms with Crippen molar-refractivity contribution in [2.24, 2.45) is 0 Å². The number of Topliss-reactive ketones (excluding diaryl/α,β-unsaturated/α-hetero) is 1. The van der Waals surface area contributed by atoms with Crippen molar-refractivity contribution in [3.05, 3.63) is 64.1 Å². The van der Waals surface area contributed by atoms with Crippen molar-refractivity contribution in [2.75, 3.05) is 5.75 Å². The van der Waals surface area contributed by atoms with Gasteiger partial charge in [-0.3, -0.25) is 9.00 Å². The van der Waals surface area contributed by atoms with E-state index in [-0.39, 0.29) is 11.5 Å². The van der Waals surface area contributed by atoms with Crippen LogP contribution in [0.2, 0.25) is 0 Å². The molecule has 2 aromatic rings. The largest absolute Gasteiger partial charge is 0.293 e. The number of rotatable bonds is 4. The Morgan fingerprint density at radius 1 is 1.11 bits per heavy atom. The predicted octanol–water partition coefficient (Wildman–Crippen LogP) is 3.75. The first kappa shape index (κ1) is 14.2. The van der Waals surface area contributed by atoms with Gasteiger partial charge in [-0.05, 0) is 25.1 Å². The van der Waals surface area contributed by atoms with Crippen molar-refractivity contribution in [3.63, 3.8) is 0 Å². The monoisotopic (exact) mass is 336 g/mol. The molecule has 1 unspecified atom stereocenters. The normalized spacial score (nSPS) is 12.1.